The van der Waals surface area contributed by atoms with E-state index >= 15 is 0 Å². The number of hydrogen-bond donors (Lipinski definition) is 2. The molecule has 0 radical (unpaired) electrons. The molecule has 0 saturated carbocycles. The third-order valence-electron chi connectivity index (χ3n) is 7.90. The molecular weight excluding hydrogens is 516 g/mol. The third-order valence-corrected chi connectivity index (χ3v) is 7.90. The number of aromatic nitrogens is 2. The van der Waals surface area contributed by atoms with Crippen LogP contribution in [0.4, 0.5) is 20.4 Å². The van der Waals surface area contributed by atoms with Gasteiger partial charge in [-0.05, 0) is 55.5 Å². The van der Waals surface area contributed by atoms with Gasteiger partial charge in [-0.15, -0.1) is 0 Å². The van der Waals surface area contributed by atoms with E-state index < -0.39 is 23.5 Å². The van der Waals surface area contributed by atoms with Crippen molar-refractivity contribution in [3.63, 3.8) is 0 Å². The Morgan fingerprint density at radius 3 is 2.67 bits per heavy atom. The highest BCUT2D eigenvalue weighted by molar-refractivity contribution is 5.92. The first-order valence-electron chi connectivity index (χ1n) is 13.8. The van der Waals surface area contributed by atoms with Gasteiger partial charge in [-0.3, -0.25) is 14.9 Å². The van der Waals surface area contributed by atoms with Crippen LogP contribution in [0.5, 0.6) is 0 Å². The zero-order chi connectivity index (χ0) is 28.2. The smallest absolute Gasteiger partial charge is 0.309 e. The molecule has 0 spiro atoms. The molecule has 2 saturated heterocycles. The van der Waals surface area contributed by atoms with Gasteiger partial charge in [-0.25, -0.2) is 13.8 Å². The summed E-state index contributed by atoms with van der Waals surface area (Å²) in [6.07, 6.45) is 4.93. The number of ether oxygens (including phenoxy) is 1. The number of nitrogens with one attached hydrogen (secondary N) is 2. The van der Waals surface area contributed by atoms with E-state index in [1.807, 2.05) is 17.7 Å². The number of amides is 1. The molecule has 5 rings (SSSR count). The Morgan fingerprint density at radius 2 is 1.93 bits per heavy atom. The van der Waals surface area contributed by atoms with Crippen molar-refractivity contribution in [1.29, 1.82) is 0 Å². The van der Waals surface area contributed by atoms with Crippen LogP contribution in [0, 0.1) is 30.4 Å². The molecule has 2 aliphatic heterocycles. The average Bonchev–Trinajstić information content (AvgIpc) is 3.60. The number of carbonyl (C=O) groups excluding carboxylic acids is 2. The van der Waals surface area contributed by atoms with Gasteiger partial charge < -0.3 is 19.5 Å². The van der Waals surface area contributed by atoms with Crippen molar-refractivity contribution < 1.29 is 23.1 Å². The molecule has 2 aromatic carbocycles. The van der Waals surface area contributed by atoms with Crippen LogP contribution in [-0.4, -0.2) is 54.2 Å². The van der Waals surface area contributed by atoms with Gasteiger partial charge in [0.15, 0.2) is 0 Å². The summed E-state index contributed by atoms with van der Waals surface area (Å²) >= 11 is 0. The number of rotatable bonds is 8. The Bertz CT molecular complexity index is 1370. The Morgan fingerprint density at radius 1 is 1.12 bits per heavy atom. The second-order valence-electron chi connectivity index (χ2n) is 10.6. The van der Waals surface area contributed by atoms with Crippen LogP contribution < -0.4 is 15.5 Å². The molecule has 1 amide bonds. The maximum absolute atomic E-state index is 14.5. The minimum absolute atomic E-state index is 0.0720. The number of piperidine rings is 1. The molecule has 40 heavy (non-hydrogen) atoms. The molecule has 8 nitrogen and oxygen atoms in total. The van der Waals surface area contributed by atoms with Crippen LogP contribution in [0.15, 0.2) is 48.8 Å². The van der Waals surface area contributed by atoms with Crippen molar-refractivity contribution in [3.8, 4) is 0 Å². The molecule has 1 aromatic heterocycles. The Kier molecular flexibility index (Phi) is 8.44. The molecule has 0 aliphatic carbocycles. The van der Waals surface area contributed by atoms with E-state index in [2.05, 4.69) is 45.6 Å². The Balaban J connectivity index is 1.29. The average molecular weight is 552 g/mol. The first-order valence-corrected chi connectivity index (χ1v) is 13.8. The highest BCUT2D eigenvalue weighted by atomic mass is 19.1. The van der Waals surface area contributed by atoms with Crippen molar-refractivity contribution in [2.24, 2.45) is 11.8 Å². The molecule has 212 valence electrons. The fraction of sp³-hybridized carbons (Fsp3) is 0.433. The zero-order valence-electron chi connectivity index (χ0n) is 22.8. The van der Waals surface area contributed by atoms with Crippen LogP contribution >= 0.6 is 0 Å². The number of imidazole rings is 1. The minimum Gasteiger partial charge on any atom is -0.466 e. The quantitative estimate of drug-likeness (QED) is 0.408. The van der Waals surface area contributed by atoms with E-state index in [1.54, 1.807) is 6.20 Å². The topological polar surface area (TPSA) is 88.5 Å². The number of esters is 1. The van der Waals surface area contributed by atoms with Crippen LogP contribution in [0.1, 0.15) is 42.4 Å². The van der Waals surface area contributed by atoms with Gasteiger partial charge >= 0.3 is 5.97 Å². The molecular formula is C30H35F2N5O3. The molecule has 3 heterocycles. The first-order chi connectivity index (χ1) is 19.3. The number of halogens is 2. The summed E-state index contributed by atoms with van der Waals surface area (Å²) in [7, 11) is 0. The number of anilines is 2. The van der Waals surface area contributed by atoms with Gasteiger partial charge in [-0.1, -0.05) is 18.2 Å². The Labute approximate surface area is 232 Å². The normalized spacial score (nSPS) is 19.6. The van der Waals surface area contributed by atoms with Gasteiger partial charge in [0.2, 0.25) is 11.9 Å². The van der Waals surface area contributed by atoms with Crippen LogP contribution in [0.2, 0.25) is 0 Å². The summed E-state index contributed by atoms with van der Waals surface area (Å²) in [6, 6.07) is 9.79. The monoisotopic (exact) mass is 551 g/mol. The van der Waals surface area contributed by atoms with E-state index in [0.29, 0.717) is 37.8 Å². The number of hydrogen-bond acceptors (Lipinski definition) is 6. The molecule has 3 aromatic rings. The summed E-state index contributed by atoms with van der Waals surface area (Å²) in [4.78, 5) is 32.2. The number of nitrogens with zero attached hydrogens (tertiary/aromatic N) is 3. The maximum Gasteiger partial charge on any atom is 0.309 e. The van der Waals surface area contributed by atoms with Gasteiger partial charge in [0, 0.05) is 56.2 Å². The predicted octanol–water partition coefficient (Wildman–Crippen LogP) is 4.24. The largest absolute Gasteiger partial charge is 0.466 e. The highest BCUT2D eigenvalue weighted by Crippen LogP contribution is 2.32. The molecule has 10 heteroatoms. The van der Waals surface area contributed by atoms with E-state index in [1.165, 1.54) is 12.1 Å². The lowest BCUT2D eigenvalue weighted by Crippen LogP contribution is -2.37. The second kappa shape index (κ2) is 12.2. The Hall–Kier alpha value is -3.79. The van der Waals surface area contributed by atoms with Crippen molar-refractivity contribution in [1.82, 2.24) is 14.9 Å². The third kappa shape index (κ3) is 6.01. The van der Waals surface area contributed by atoms with E-state index in [4.69, 9.17) is 4.74 Å². The standard InChI is InChI=1S/C30H35F2N5O3/c1-3-40-29(39)20-8-11-36(12-9-20)27-14-19(2)4-5-21(27)18-37-13-10-34-30(37)35-28(38)25-17-33-16-24(25)23-7-6-22(31)15-26(23)32/h4-7,10,13-15,20,24-25,33H,3,8-9,11-12,16-18H2,1-2H3,(H,34,35,38)/t24-,25?/m0/s1. The first kappa shape index (κ1) is 27.8. The molecule has 0 bridgehead atoms. The van der Waals surface area contributed by atoms with Crippen LogP contribution in [0.25, 0.3) is 0 Å². The van der Waals surface area contributed by atoms with E-state index in [-0.39, 0.29) is 17.8 Å². The summed E-state index contributed by atoms with van der Waals surface area (Å²) in [5.41, 5.74) is 3.63. The SMILES string of the molecule is CCOC(=O)C1CCN(c2cc(C)ccc2Cn2ccnc2NC(=O)C2CNC[C@H]2c2ccc(F)cc2F)CC1. The van der Waals surface area contributed by atoms with Gasteiger partial charge in [-0.2, -0.15) is 0 Å². The fourth-order valence-corrected chi connectivity index (χ4v) is 5.75. The van der Waals surface area contributed by atoms with E-state index in [9.17, 15) is 18.4 Å². The van der Waals surface area contributed by atoms with E-state index in [0.717, 1.165) is 48.8 Å². The summed E-state index contributed by atoms with van der Waals surface area (Å²) in [6.45, 7) is 7.08. The van der Waals surface area contributed by atoms with Crippen LogP contribution in [-0.2, 0) is 20.9 Å². The lowest BCUT2D eigenvalue weighted by atomic mass is 9.88. The summed E-state index contributed by atoms with van der Waals surface area (Å²) < 4.78 is 35.0. The van der Waals surface area contributed by atoms with Crippen molar-refractivity contribution in [2.45, 2.75) is 39.2 Å². The van der Waals surface area contributed by atoms with Gasteiger partial charge in [0.25, 0.3) is 0 Å². The summed E-state index contributed by atoms with van der Waals surface area (Å²) in [5.74, 6) is -2.28. The molecule has 1 unspecified atom stereocenters. The van der Waals surface area contributed by atoms with Crippen LogP contribution in [0.3, 0.4) is 0 Å². The maximum atomic E-state index is 14.5. The predicted molar refractivity (Wildman–Crippen MR) is 148 cm³/mol. The second-order valence-corrected chi connectivity index (χ2v) is 10.6. The lowest BCUT2D eigenvalue weighted by Gasteiger charge is -2.34. The van der Waals surface area contributed by atoms with Crippen molar-refractivity contribution in [3.05, 3.63) is 77.1 Å². The fourth-order valence-electron chi connectivity index (χ4n) is 5.75. The highest BCUT2D eigenvalue weighted by Gasteiger charge is 2.36. The number of aryl methyl sites for hydroxylation is 1. The number of benzene rings is 2. The minimum atomic E-state index is -0.647. The van der Waals surface area contributed by atoms with Crippen molar-refractivity contribution in [2.75, 3.05) is 43.0 Å². The van der Waals surface area contributed by atoms with Gasteiger partial charge in [0.05, 0.1) is 25.0 Å². The molecule has 2 atom stereocenters. The van der Waals surface area contributed by atoms with Gasteiger partial charge in [0.1, 0.15) is 11.6 Å². The molecule has 2 fully saturated rings. The molecule has 2 aliphatic rings. The lowest BCUT2D eigenvalue weighted by molar-refractivity contribution is -0.148. The summed E-state index contributed by atoms with van der Waals surface area (Å²) in [5, 5.41) is 6.10. The zero-order valence-corrected chi connectivity index (χ0v) is 22.8. The number of carbonyl (C=O) groups is 2. The van der Waals surface area contributed by atoms with Crippen molar-refractivity contribution >= 4 is 23.5 Å². The molecule has 2 N–H and O–H groups in total.